The van der Waals surface area contributed by atoms with Crippen LogP contribution < -0.4 is 0 Å². The molecule has 1 amide bonds. The molecule has 0 bridgehead atoms. The lowest BCUT2D eigenvalue weighted by Crippen LogP contribution is -2.51. The third-order valence-corrected chi connectivity index (χ3v) is 3.33. The molecular formula is C12H22N2O3. The van der Waals surface area contributed by atoms with Crippen LogP contribution in [0, 0.1) is 11.8 Å². The molecule has 98 valence electrons. The summed E-state index contributed by atoms with van der Waals surface area (Å²) in [5.41, 5.74) is 0. The van der Waals surface area contributed by atoms with Gasteiger partial charge < -0.3 is 14.9 Å². The normalized spacial score (nSPS) is 19.4. The SMILES string of the molecule is CCN1CCN(C(=O)C(C(=O)O)C(C)C)CC1. The van der Waals surface area contributed by atoms with E-state index in [2.05, 4.69) is 11.8 Å². The maximum Gasteiger partial charge on any atom is 0.316 e. The van der Waals surface area contributed by atoms with E-state index in [0.29, 0.717) is 13.1 Å². The Labute approximate surface area is 102 Å². The van der Waals surface area contributed by atoms with E-state index >= 15 is 0 Å². The van der Waals surface area contributed by atoms with Gasteiger partial charge in [0.15, 0.2) is 0 Å². The van der Waals surface area contributed by atoms with Crippen LogP contribution in [0.3, 0.4) is 0 Å². The summed E-state index contributed by atoms with van der Waals surface area (Å²) in [6.07, 6.45) is 0. The third-order valence-electron chi connectivity index (χ3n) is 3.33. The molecule has 0 aromatic carbocycles. The van der Waals surface area contributed by atoms with Crippen molar-refractivity contribution in [1.82, 2.24) is 9.80 Å². The third kappa shape index (κ3) is 3.43. The molecule has 0 aliphatic carbocycles. The first-order valence-corrected chi connectivity index (χ1v) is 6.21. The highest BCUT2D eigenvalue weighted by Gasteiger charge is 2.34. The lowest BCUT2D eigenvalue weighted by molar-refractivity contribution is -0.154. The second-order valence-corrected chi connectivity index (χ2v) is 4.82. The molecule has 1 heterocycles. The Morgan fingerprint density at radius 3 is 2.06 bits per heavy atom. The summed E-state index contributed by atoms with van der Waals surface area (Å²) in [7, 11) is 0. The predicted octanol–water partition coefficient (Wildman–Crippen LogP) is 0.507. The molecule has 0 aromatic heterocycles. The molecular weight excluding hydrogens is 220 g/mol. The van der Waals surface area contributed by atoms with Crippen molar-refractivity contribution < 1.29 is 14.7 Å². The van der Waals surface area contributed by atoms with Gasteiger partial charge in [0.1, 0.15) is 5.92 Å². The summed E-state index contributed by atoms with van der Waals surface area (Å²) in [5, 5.41) is 9.08. The minimum Gasteiger partial charge on any atom is -0.481 e. The van der Waals surface area contributed by atoms with Crippen LogP contribution >= 0.6 is 0 Å². The maximum atomic E-state index is 12.1. The average molecular weight is 242 g/mol. The summed E-state index contributed by atoms with van der Waals surface area (Å²) < 4.78 is 0. The number of piperazine rings is 1. The zero-order chi connectivity index (χ0) is 13.0. The number of amides is 1. The number of carbonyl (C=O) groups is 2. The largest absolute Gasteiger partial charge is 0.481 e. The Bertz CT molecular complexity index is 283. The number of rotatable bonds is 4. The average Bonchev–Trinajstić information content (AvgIpc) is 2.28. The summed E-state index contributed by atoms with van der Waals surface area (Å²) in [6, 6.07) is 0. The van der Waals surface area contributed by atoms with Gasteiger partial charge in [0.2, 0.25) is 5.91 Å². The van der Waals surface area contributed by atoms with Crippen LogP contribution in [0.15, 0.2) is 0 Å². The number of carboxylic acids is 1. The van der Waals surface area contributed by atoms with Crippen molar-refractivity contribution in [2.45, 2.75) is 20.8 Å². The maximum absolute atomic E-state index is 12.1. The van der Waals surface area contributed by atoms with E-state index in [1.165, 1.54) is 0 Å². The monoisotopic (exact) mass is 242 g/mol. The quantitative estimate of drug-likeness (QED) is 0.730. The molecule has 0 spiro atoms. The van der Waals surface area contributed by atoms with E-state index in [-0.39, 0.29) is 11.8 Å². The predicted molar refractivity (Wildman–Crippen MR) is 64.7 cm³/mol. The molecule has 1 saturated heterocycles. The zero-order valence-corrected chi connectivity index (χ0v) is 10.8. The first kappa shape index (κ1) is 14.0. The highest BCUT2D eigenvalue weighted by atomic mass is 16.4. The van der Waals surface area contributed by atoms with Gasteiger partial charge in [-0.2, -0.15) is 0 Å². The van der Waals surface area contributed by atoms with Gasteiger partial charge in [-0.25, -0.2) is 0 Å². The summed E-state index contributed by atoms with van der Waals surface area (Å²) in [4.78, 5) is 27.1. The van der Waals surface area contributed by atoms with Gasteiger partial charge >= 0.3 is 5.97 Å². The molecule has 1 N–H and O–H groups in total. The van der Waals surface area contributed by atoms with Crippen LogP contribution in [-0.4, -0.2) is 59.5 Å². The Kier molecular flexibility index (Phi) is 4.93. The van der Waals surface area contributed by atoms with Crippen molar-refractivity contribution in [2.24, 2.45) is 11.8 Å². The second-order valence-electron chi connectivity index (χ2n) is 4.82. The van der Waals surface area contributed by atoms with Crippen molar-refractivity contribution in [3.63, 3.8) is 0 Å². The van der Waals surface area contributed by atoms with Crippen LogP contribution in [0.25, 0.3) is 0 Å². The van der Waals surface area contributed by atoms with Crippen molar-refractivity contribution in [1.29, 1.82) is 0 Å². The van der Waals surface area contributed by atoms with E-state index in [4.69, 9.17) is 5.11 Å². The van der Waals surface area contributed by atoms with Crippen molar-refractivity contribution >= 4 is 11.9 Å². The molecule has 1 fully saturated rings. The summed E-state index contributed by atoms with van der Waals surface area (Å²) in [6.45, 7) is 9.59. The summed E-state index contributed by atoms with van der Waals surface area (Å²) >= 11 is 0. The Morgan fingerprint density at radius 1 is 1.18 bits per heavy atom. The minimum absolute atomic E-state index is 0.163. The number of aliphatic carboxylic acids is 1. The molecule has 0 aromatic rings. The number of nitrogens with zero attached hydrogens (tertiary/aromatic N) is 2. The van der Waals surface area contributed by atoms with Crippen LogP contribution in [0.1, 0.15) is 20.8 Å². The molecule has 17 heavy (non-hydrogen) atoms. The van der Waals surface area contributed by atoms with E-state index in [9.17, 15) is 9.59 Å². The van der Waals surface area contributed by atoms with Crippen LogP contribution in [-0.2, 0) is 9.59 Å². The van der Waals surface area contributed by atoms with Gasteiger partial charge in [-0.3, -0.25) is 9.59 Å². The molecule has 0 saturated carbocycles. The first-order chi connectivity index (χ1) is 7.97. The number of carbonyl (C=O) groups excluding carboxylic acids is 1. The van der Waals surface area contributed by atoms with Gasteiger partial charge in [-0.05, 0) is 12.5 Å². The highest BCUT2D eigenvalue weighted by molar-refractivity contribution is 5.97. The van der Waals surface area contributed by atoms with Gasteiger partial charge in [0.25, 0.3) is 0 Å². The number of hydrogen-bond donors (Lipinski definition) is 1. The minimum atomic E-state index is -1.01. The van der Waals surface area contributed by atoms with Gasteiger partial charge in [0.05, 0.1) is 0 Å². The van der Waals surface area contributed by atoms with Crippen molar-refractivity contribution in [2.75, 3.05) is 32.7 Å². The van der Waals surface area contributed by atoms with Crippen LogP contribution in [0.5, 0.6) is 0 Å². The Morgan fingerprint density at radius 2 is 1.71 bits per heavy atom. The number of hydrogen-bond acceptors (Lipinski definition) is 3. The first-order valence-electron chi connectivity index (χ1n) is 6.21. The Hall–Kier alpha value is -1.10. The molecule has 1 aliphatic heterocycles. The molecule has 1 rings (SSSR count). The molecule has 1 unspecified atom stereocenters. The fourth-order valence-electron chi connectivity index (χ4n) is 2.16. The smallest absolute Gasteiger partial charge is 0.316 e. The number of carboxylic acid groups (broad SMARTS) is 1. The van der Waals surface area contributed by atoms with Gasteiger partial charge in [-0.1, -0.05) is 20.8 Å². The van der Waals surface area contributed by atoms with Crippen LogP contribution in [0.4, 0.5) is 0 Å². The second kappa shape index (κ2) is 6.00. The molecule has 1 aliphatic rings. The Balaban J connectivity index is 2.61. The standard InChI is InChI=1S/C12H22N2O3/c1-4-13-5-7-14(8-6-13)11(15)10(9(2)3)12(16)17/h9-10H,4-8H2,1-3H3,(H,16,17). The van der Waals surface area contributed by atoms with E-state index in [1.54, 1.807) is 18.7 Å². The lowest BCUT2D eigenvalue weighted by atomic mass is 9.94. The van der Waals surface area contributed by atoms with Crippen LogP contribution in [0.2, 0.25) is 0 Å². The van der Waals surface area contributed by atoms with Crippen molar-refractivity contribution in [3.8, 4) is 0 Å². The molecule has 5 nitrogen and oxygen atoms in total. The lowest BCUT2D eigenvalue weighted by Gasteiger charge is -2.35. The van der Waals surface area contributed by atoms with Gasteiger partial charge in [0, 0.05) is 26.2 Å². The highest BCUT2D eigenvalue weighted by Crippen LogP contribution is 2.16. The fraction of sp³-hybridized carbons (Fsp3) is 0.833. The van der Waals surface area contributed by atoms with E-state index in [1.807, 2.05) is 0 Å². The van der Waals surface area contributed by atoms with E-state index in [0.717, 1.165) is 19.6 Å². The fourth-order valence-corrected chi connectivity index (χ4v) is 2.16. The van der Waals surface area contributed by atoms with Crippen molar-refractivity contribution in [3.05, 3.63) is 0 Å². The summed E-state index contributed by atoms with van der Waals surface area (Å²) in [5.74, 6) is -2.31. The topological polar surface area (TPSA) is 60.9 Å². The van der Waals surface area contributed by atoms with E-state index < -0.39 is 11.9 Å². The molecule has 5 heteroatoms. The van der Waals surface area contributed by atoms with Gasteiger partial charge in [-0.15, -0.1) is 0 Å². The molecule has 0 radical (unpaired) electrons. The number of likely N-dealkylation sites (N-methyl/N-ethyl adjacent to an activating group) is 1. The molecule has 1 atom stereocenters. The zero-order valence-electron chi connectivity index (χ0n) is 10.8.